The van der Waals surface area contributed by atoms with E-state index in [0.717, 1.165) is 17.3 Å². The molecule has 1 aliphatic rings. The van der Waals surface area contributed by atoms with Gasteiger partial charge < -0.3 is 10.1 Å². The van der Waals surface area contributed by atoms with Crippen molar-refractivity contribution in [2.24, 2.45) is 0 Å². The molecule has 1 N–H and O–H groups in total. The molecule has 0 radical (unpaired) electrons. The molecule has 6 heteroatoms. The smallest absolute Gasteiger partial charge is 0.414 e. The van der Waals surface area contributed by atoms with Crippen LogP contribution in [0.1, 0.15) is 15.9 Å². The molecule has 0 bridgehead atoms. The van der Waals surface area contributed by atoms with Crippen molar-refractivity contribution < 1.29 is 18.7 Å². The third-order valence-electron chi connectivity index (χ3n) is 3.80. The van der Waals surface area contributed by atoms with Crippen LogP contribution in [0.4, 0.5) is 14.9 Å². The Balaban J connectivity index is 1.58. The number of carbonyl (C=O) groups is 2. The van der Waals surface area contributed by atoms with Crippen molar-refractivity contribution in [3.05, 3.63) is 65.5 Å². The van der Waals surface area contributed by atoms with E-state index in [4.69, 9.17) is 4.74 Å². The third-order valence-corrected chi connectivity index (χ3v) is 3.80. The summed E-state index contributed by atoms with van der Waals surface area (Å²) in [7, 11) is 0. The van der Waals surface area contributed by atoms with Gasteiger partial charge in [-0.25, -0.2) is 9.18 Å². The summed E-state index contributed by atoms with van der Waals surface area (Å²) in [5.41, 5.74) is 2.09. The molecule has 124 valence electrons. The minimum Gasteiger partial charge on any atom is -0.442 e. The Morgan fingerprint density at radius 2 is 2.04 bits per heavy atom. The summed E-state index contributed by atoms with van der Waals surface area (Å²) in [4.78, 5) is 25.5. The van der Waals surface area contributed by atoms with Crippen molar-refractivity contribution in [3.63, 3.8) is 0 Å². The van der Waals surface area contributed by atoms with E-state index in [0.29, 0.717) is 6.54 Å². The highest BCUT2D eigenvalue weighted by Gasteiger charge is 2.32. The summed E-state index contributed by atoms with van der Waals surface area (Å²) in [6.07, 6.45) is -0.889. The number of halogens is 1. The first kappa shape index (κ1) is 16.0. The molecule has 1 saturated heterocycles. The van der Waals surface area contributed by atoms with E-state index in [2.05, 4.69) is 5.32 Å². The summed E-state index contributed by atoms with van der Waals surface area (Å²) in [6.45, 7) is 2.49. The standard InChI is InChI=1S/C18H17FN2O3/c1-12-5-7-15(8-6-12)21-11-16(24-18(21)23)10-20-17(22)13-3-2-4-14(19)9-13/h2-9,16H,10-11H2,1H3,(H,20,22). The second kappa shape index (κ2) is 6.70. The maximum absolute atomic E-state index is 13.1. The van der Waals surface area contributed by atoms with Crippen molar-refractivity contribution in [1.29, 1.82) is 0 Å². The normalized spacial score (nSPS) is 16.8. The van der Waals surface area contributed by atoms with Gasteiger partial charge in [0.1, 0.15) is 11.9 Å². The molecule has 1 aliphatic heterocycles. The van der Waals surface area contributed by atoms with Gasteiger partial charge in [-0.15, -0.1) is 0 Å². The fourth-order valence-electron chi connectivity index (χ4n) is 2.50. The molecular formula is C18H17FN2O3. The predicted molar refractivity (Wildman–Crippen MR) is 87.5 cm³/mol. The summed E-state index contributed by atoms with van der Waals surface area (Å²) < 4.78 is 18.4. The van der Waals surface area contributed by atoms with Gasteiger partial charge in [-0.2, -0.15) is 0 Å². The lowest BCUT2D eigenvalue weighted by atomic mass is 10.2. The van der Waals surface area contributed by atoms with Crippen LogP contribution in [0.25, 0.3) is 0 Å². The summed E-state index contributed by atoms with van der Waals surface area (Å²) in [5.74, 6) is -0.875. The van der Waals surface area contributed by atoms with Crippen LogP contribution in [0.5, 0.6) is 0 Å². The Kier molecular flexibility index (Phi) is 4.46. The van der Waals surface area contributed by atoms with E-state index in [-0.39, 0.29) is 12.1 Å². The Labute approximate surface area is 139 Å². The summed E-state index contributed by atoms with van der Waals surface area (Å²) in [6, 6.07) is 13.0. The van der Waals surface area contributed by atoms with Gasteiger partial charge in [0.05, 0.1) is 13.1 Å². The molecule has 3 rings (SSSR count). The molecule has 0 saturated carbocycles. The van der Waals surface area contributed by atoms with Crippen LogP contribution >= 0.6 is 0 Å². The van der Waals surface area contributed by atoms with Gasteiger partial charge in [0.2, 0.25) is 0 Å². The largest absolute Gasteiger partial charge is 0.442 e. The average molecular weight is 328 g/mol. The van der Waals surface area contributed by atoms with Gasteiger partial charge in [-0.1, -0.05) is 23.8 Å². The lowest BCUT2D eigenvalue weighted by Crippen LogP contribution is -2.34. The van der Waals surface area contributed by atoms with Gasteiger partial charge in [0, 0.05) is 11.3 Å². The van der Waals surface area contributed by atoms with Gasteiger partial charge in [0.15, 0.2) is 0 Å². The van der Waals surface area contributed by atoms with Gasteiger partial charge in [-0.05, 0) is 37.3 Å². The van der Waals surface area contributed by atoms with Crippen LogP contribution in [0, 0.1) is 12.7 Å². The van der Waals surface area contributed by atoms with Crippen molar-refractivity contribution >= 4 is 17.7 Å². The molecular weight excluding hydrogens is 311 g/mol. The maximum Gasteiger partial charge on any atom is 0.414 e. The van der Waals surface area contributed by atoms with Gasteiger partial charge in [0.25, 0.3) is 5.91 Å². The first-order chi connectivity index (χ1) is 11.5. The number of amides is 2. The molecule has 1 heterocycles. The molecule has 2 aromatic rings. The number of aryl methyl sites for hydroxylation is 1. The van der Waals surface area contributed by atoms with E-state index >= 15 is 0 Å². The Hall–Kier alpha value is -2.89. The molecule has 0 aliphatic carbocycles. The van der Waals surface area contributed by atoms with Crippen molar-refractivity contribution in [3.8, 4) is 0 Å². The van der Waals surface area contributed by atoms with E-state index in [1.54, 1.807) is 0 Å². The number of nitrogens with zero attached hydrogens (tertiary/aromatic N) is 1. The Bertz CT molecular complexity index is 761. The van der Waals surface area contributed by atoms with E-state index in [9.17, 15) is 14.0 Å². The molecule has 2 amide bonds. The highest BCUT2D eigenvalue weighted by atomic mass is 19.1. The van der Waals surface area contributed by atoms with Crippen LogP contribution in [0.3, 0.4) is 0 Å². The number of carbonyl (C=O) groups excluding carboxylic acids is 2. The molecule has 0 aromatic heterocycles. The first-order valence-corrected chi connectivity index (χ1v) is 7.61. The SMILES string of the molecule is Cc1ccc(N2CC(CNC(=O)c3cccc(F)c3)OC2=O)cc1. The van der Waals surface area contributed by atoms with Crippen molar-refractivity contribution in [2.75, 3.05) is 18.0 Å². The number of cyclic esters (lactones) is 1. The fraction of sp³-hybridized carbons (Fsp3) is 0.222. The topological polar surface area (TPSA) is 58.6 Å². The Morgan fingerprint density at radius 3 is 2.75 bits per heavy atom. The molecule has 1 fully saturated rings. The predicted octanol–water partition coefficient (Wildman–Crippen LogP) is 2.89. The Morgan fingerprint density at radius 1 is 1.29 bits per heavy atom. The van der Waals surface area contributed by atoms with Crippen LogP contribution < -0.4 is 10.2 Å². The average Bonchev–Trinajstić information content (AvgIpc) is 2.94. The highest BCUT2D eigenvalue weighted by molar-refractivity contribution is 5.94. The minimum absolute atomic E-state index is 0.170. The minimum atomic E-state index is -0.472. The monoisotopic (exact) mass is 328 g/mol. The number of nitrogens with one attached hydrogen (secondary N) is 1. The molecule has 24 heavy (non-hydrogen) atoms. The lowest BCUT2D eigenvalue weighted by Gasteiger charge is -2.13. The maximum atomic E-state index is 13.1. The first-order valence-electron chi connectivity index (χ1n) is 7.61. The zero-order chi connectivity index (χ0) is 17.1. The van der Waals surface area contributed by atoms with Crippen LogP contribution in [-0.4, -0.2) is 31.2 Å². The molecule has 1 unspecified atom stereocenters. The quantitative estimate of drug-likeness (QED) is 0.939. The molecule has 1 atom stereocenters. The van der Waals surface area contributed by atoms with E-state index < -0.39 is 23.9 Å². The van der Waals surface area contributed by atoms with Crippen LogP contribution in [0.15, 0.2) is 48.5 Å². The van der Waals surface area contributed by atoms with Crippen LogP contribution in [0.2, 0.25) is 0 Å². The lowest BCUT2D eigenvalue weighted by molar-refractivity contribution is 0.0915. The van der Waals surface area contributed by atoms with Crippen LogP contribution in [-0.2, 0) is 4.74 Å². The zero-order valence-electron chi connectivity index (χ0n) is 13.2. The fourth-order valence-corrected chi connectivity index (χ4v) is 2.50. The second-order valence-corrected chi connectivity index (χ2v) is 5.67. The number of hydrogen-bond acceptors (Lipinski definition) is 3. The molecule has 0 spiro atoms. The number of ether oxygens (including phenoxy) is 1. The summed E-state index contributed by atoms with van der Waals surface area (Å²) >= 11 is 0. The number of rotatable bonds is 4. The second-order valence-electron chi connectivity index (χ2n) is 5.67. The van der Waals surface area contributed by atoms with E-state index in [1.807, 2.05) is 31.2 Å². The number of hydrogen-bond donors (Lipinski definition) is 1. The molecule has 5 nitrogen and oxygen atoms in total. The number of benzene rings is 2. The van der Waals surface area contributed by atoms with Gasteiger partial charge >= 0.3 is 6.09 Å². The zero-order valence-corrected chi connectivity index (χ0v) is 13.2. The van der Waals surface area contributed by atoms with E-state index in [1.165, 1.54) is 23.1 Å². The highest BCUT2D eigenvalue weighted by Crippen LogP contribution is 2.21. The third kappa shape index (κ3) is 3.53. The number of anilines is 1. The van der Waals surface area contributed by atoms with Gasteiger partial charge in [-0.3, -0.25) is 9.69 Å². The summed E-state index contributed by atoms with van der Waals surface area (Å²) in [5, 5.41) is 2.66. The molecule has 2 aromatic carbocycles. The van der Waals surface area contributed by atoms with Crippen molar-refractivity contribution in [2.45, 2.75) is 13.0 Å². The van der Waals surface area contributed by atoms with Crippen molar-refractivity contribution in [1.82, 2.24) is 5.32 Å².